The summed E-state index contributed by atoms with van der Waals surface area (Å²) in [5.74, 6) is -6.46. The molecule has 0 spiro atoms. The summed E-state index contributed by atoms with van der Waals surface area (Å²) in [4.78, 5) is 57.4. The van der Waals surface area contributed by atoms with Gasteiger partial charge in [0, 0.05) is 32.7 Å². The summed E-state index contributed by atoms with van der Waals surface area (Å²) in [6.07, 6.45) is 0. The monoisotopic (exact) mass is 431 g/mol. The molecule has 0 amide bonds. The van der Waals surface area contributed by atoms with Crippen molar-refractivity contribution in [3.05, 3.63) is 0 Å². The average Bonchev–Trinajstić information content (AvgIpc) is 2.46. The van der Waals surface area contributed by atoms with Gasteiger partial charge >= 0.3 is 75.3 Å². The van der Waals surface area contributed by atoms with Crippen LogP contribution in [0.5, 0.6) is 0 Å². The van der Waals surface area contributed by atoms with Gasteiger partial charge in [0.2, 0.25) is 0 Å². The molecule has 0 aliphatic carbocycles. The second-order valence-corrected chi connectivity index (χ2v) is 5.64. The molecule has 0 aliphatic heterocycles. The molecule has 0 aromatic carbocycles. The summed E-state index contributed by atoms with van der Waals surface area (Å²) in [5.41, 5.74) is 0. The molecule has 14 heteroatoms. The number of aliphatic carboxylic acids is 5. The van der Waals surface area contributed by atoms with Crippen molar-refractivity contribution in [3.8, 4) is 0 Å². The van der Waals surface area contributed by atoms with Crippen LogP contribution in [0.4, 0.5) is 0 Å². The fraction of sp³-hybridized carbons (Fsp3) is 0.643. The largest absolute Gasteiger partial charge is 1.00 e. The minimum atomic E-state index is -1.44. The van der Waals surface area contributed by atoms with Gasteiger partial charge in [-0.05, 0) is 0 Å². The average molecular weight is 431 g/mol. The number of nitrogens with zero attached hydrogens (tertiary/aromatic N) is 3. The van der Waals surface area contributed by atoms with Crippen molar-refractivity contribution in [1.82, 2.24) is 14.7 Å². The van der Waals surface area contributed by atoms with Gasteiger partial charge in [0.15, 0.2) is 0 Å². The summed E-state index contributed by atoms with van der Waals surface area (Å²) >= 11 is 0. The first kappa shape index (κ1) is 29.1. The normalized spacial score (nSPS) is 10.7. The Morgan fingerprint density at radius 1 is 0.536 bits per heavy atom. The topological polar surface area (TPSA) is 199 Å². The van der Waals surface area contributed by atoms with E-state index >= 15 is 0 Å². The number of carboxylic acids is 5. The third-order valence-electron chi connectivity index (χ3n) is 3.25. The molecule has 4 N–H and O–H groups in total. The molecular weight excluding hydrogens is 409 g/mol. The van der Waals surface area contributed by atoms with E-state index in [2.05, 4.69) is 0 Å². The standard InChI is InChI=1S/C14H23N3O10.K/c18-10(19)5-15(1-3-16(6-11(20)21)7-12(22)23)2-4-17(8-13(24)25)9-14(26)27;/h1-9H2,(H,18,19)(H,20,21)(H,22,23)(H,24,25)(H,26,27);/q;+1/p-1. The minimum absolute atomic E-state index is 0. The maximum absolute atomic E-state index is 10.9. The van der Waals surface area contributed by atoms with Crippen molar-refractivity contribution < 1.29 is 101 Å². The molecule has 0 bridgehead atoms. The van der Waals surface area contributed by atoms with Crippen LogP contribution < -0.4 is 56.5 Å². The van der Waals surface area contributed by atoms with E-state index in [0.717, 1.165) is 9.80 Å². The Balaban J connectivity index is 0. The Bertz CT molecular complexity index is 487. The van der Waals surface area contributed by atoms with Crippen LogP contribution in [0.2, 0.25) is 0 Å². The number of carbonyl (C=O) groups is 5. The molecular formula is C14H22KN3O10. The minimum Gasteiger partial charge on any atom is -0.549 e. The van der Waals surface area contributed by atoms with E-state index in [1.54, 1.807) is 0 Å². The maximum atomic E-state index is 10.9. The van der Waals surface area contributed by atoms with Crippen LogP contribution in [0.1, 0.15) is 0 Å². The SMILES string of the molecule is O=C([O-])CN(CCN(CC(=O)O)CC(=O)O)CCN(CC(=O)O)CC(=O)O.[K+]. The van der Waals surface area contributed by atoms with Crippen molar-refractivity contribution in [1.29, 1.82) is 0 Å². The first-order valence-corrected chi connectivity index (χ1v) is 7.73. The Morgan fingerprint density at radius 2 is 0.786 bits per heavy atom. The van der Waals surface area contributed by atoms with Crippen LogP contribution in [-0.2, 0) is 24.0 Å². The van der Waals surface area contributed by atoms with Crippen LogP contribution >= 0.6 is 0 Å². The van der Waals surface area contributed by atoms with Gasteiger partial charge in [-0.25, -0.2) is 0 Å². The molecule has 0 saturated carbocycles. The Labute approximate surface area is 202 Å². The van der Waals surface area contributed by atoms with Crippen LogP contribution in [0.3, 0.4) is 0 Å². The molecule has 0 rings (SSSR count). The van der Waals surface area contributed by atoms with Gasteiger partial charge in [-0.2, -0.15) is 0 Å². The summed E-state index contributed by atoms with van der Waals surface area (Å²) in [6.45, 7) is -3.04. The fourth-order valence-corrected chi connectivity index (χ4v) is 2.21. The van der Waals surface area contributed by atoms with E-state index < -0.39 is 62.6 Å². The first-order chi connectivity index (χ1) is 12.5. The molecule has 0 aromatic rings. The summed E-state index contributed by atoms with van der Waals surface area (Å²) in [7, 11) is 0. The number of hydrogen-bond acceptors (Lipinski definition) is 9. The number of rotatable bonds is 16. The van der Waals surface area contributed by atoms with Crippen LogP contribution in [0.25, 0.3) is 0 Å². The van der Waals surface area contributed by atoms with Crippen molar-refractivity contribution in [2.24, 2.45) is 0 Å². The summed E-state index contributed by atoms with van der Waals surface area (Å²) in [6, 6.07) is 0. The van der Waals surface area contributed by atoms with Crippen molar-refractivity contribution in [2.75, 3.05) is 58.9 Å². The van der Waals surface area contributed by atoms with E-state index in [0.29, 0.717) is 0 Å². The summed E-state index contributed by atoms with van der Waals surface area (Å²) in [5, 5.41) is 46.0. The van der Waals surface area contributed by atoms with Crippen LogP contribution in [0.15, 0.2) is 0 Å². The molecule has 0 radical (unpaired) electrons. The second kappa shape index (κ2) is 15.8. The summed E-state index contributed by atoms with van der Waals surface area (Å²) < 4.78 is 0. The van der Waals surface area contributed by atoms with Gasteiger partial charge in [-0.1, -0.05) is 0 Å². The molecule has 0 aromatic heterocycles. The molecule has 0 fully saturated rings. The zero-order valence-electron chi connectivity index (χ0n) is 15.4. The van der Waals surface area contributed by atoms with Gasteiger partial charge in [-0.15, -0.1) is 0 Å². The third kappa shape index (κ3) is 17.0. The molecule has 13 nitrogen and oxygen atoms in total. The molecule has 0 atom stereocenters. The predicted molar refractivity (Wildman–Crippen MR) is 84.9 cm³/mol. The Kier molecular flexibility index (Phi) is 16.4. The Hall–Kier alpha value is -1.13. The molecule has 0 unspecified atom stereocenters. The fourth-order valence-electron chi connectivity index (χ4n) is 2.21. The molecule has 0 saturated heterocycles. The van der Waals surface area contributed by atoms with Gasteiger partial charge in [0.25, 0.3) is 0 Å². The van der Waals surface area contributed by atoms with E-state index in [4.69, 9.17) is 20.4 Å². The first-order valence-electron chi connectivity index (χ1n) is 7.73. The van der Waals surface area contributed by atoms with Crippen molar-refractivity contribution >= 4 is 29.8 Å². The van der Waals surface area contributed by atoms with Gasteiger partial charge in [0.05, 0.1) is 32.1 Å². The number of hydrogen-bond donors (Lipinski definition) is 4. The molecule has 154 valence electrons. The zero-order chi connectivity index (χ0) is 21.0. The van der Waals surface area contributed by atoms with E-state index in [9.17, 15) is 29.1 Å². The predicted octanol–water partition coefficient (Wildman–Crippen LogP) is -7.02. The second-order valence-electron chi connectivity index (χ2n) is 5.64. The molecule has 0 heterocycles. The van der Waals surface area contributed by atoms with Gasteiger partial charge in [-0.3, -0.25) is 33.9 Å². The third-order valence-corrected chi connectivity index (χ3v) is 3.25. The molecule has 28 heavy (non-hydrogen) atoms. The van der Waals surface area contributed by atoms with E-state index in [1.807, 2.05) is 0 Å². The smallest absolute Gasteiger partial charge is 0.549 e. The van der Waals surface area contributed by atoms with Crippen molar-refractivity contribution in [2.45, 2.75) is 0 Å². The quantitative estimate of drug-likeness (QED) is 0.168. The van der Waals surface area contributed by atoms with Crippen LogP contribution in [0, 0.1) is 0 Å². The maximum Gasteiger partial charge on any atom is 1.00 e. The molecule has 0 aliphatic rings. The van der Waals surface area contributed by atoms with Crippen LogP contribution in [-0.4, -0.2) is 124 Å². The van der Waals surface area contributed by atoms with Crippen molar-refractivity contribution in [3.63, 3.8) is 0 Å². The van der Waals surface area contributed by atoms with Gasteiger partial charge < -0.3 is 30.3 Å². The number of carbonyl (C=O) groups excluding carboxylic acids is 1. The number of carboxylic acid groups (broad SMARTS) is 5. The van der Waals surface area contributed by atoms with E-state index in [-0.39, 0.29) is 77.6 Å². The van der Waals surface area contributed by atoms with E-state index in [1.165, 1.54) is 4.90 Å². The van der Waals surface area contributed by atoms with Gasteiger partial charge in [0.1, 0.15) is 0 Å². The zero-order valence-corrected chi connectivity index (χ0v) is 18.6. The Morgan fingerprint density at radius 3 is 1.00 bits per heavy atom.